The van der Waals surface area contributed by atoms with Crippen molar-refractivity contribution in [2.75, 3.05) is 11.5 Å². The van der Waals surface area contributed by atoms with E-state index in [4.69, 9.17) is 21.1 Å². The van der Waals surface area contributed by atoms with Crippen LogP contribution in [0.5, 0.6) is 5.75 Å². The van der Waals surface area contributed by atoms with Crippen LogP contribution in [0.4, 0.5) is 10.5 Å². The van der Waals surface area contributed by atoms with Crippen LogP contribution < -0.4 is 15.0 Å². The standard InChI is InChI=1S/C20H19ClN2O4/c1-3-26-18(24)12-4-7-14(8-5-12)23-19(25)22-16-11-20(23,2)27-17-9-6-13(21)10-15(16)17/h4-10,16H,3,11H2,1-2H3,(H,22,25)/t16-,20+/m1/s1. The summed E-state index contributed by atoms with van der Waals surface area (Å²) in [4.78, 5) is 26.3. The Kier molecular flexibility index (Phi) is 4.23. The average molecular weight is 387 g/mol. The molecular weight excluding hydrogens is 368 g/mol. The molecule has 4 rings (SSSR count). The molecule has 1 fully saturated rings. The third-order valence-corrected chi connectivity index (χ3v) is 5.11. The van der Waals surface area contributed by atoms with Crippen molar-refractivity contribution < 1.29 is 19.1 Å². The maximum absolute atomic E-state index is 12.8. The maximum Gasteiger partial charge on any atom is 0.338 e. The number of urea groups is 1. The van der Waals surface area contributed by atoms with Crippen molar-refractivity contribution in [3.05, 3.63) is 58.6 Å². The number of esters is 1. The van der Waals surface area contributed by atoms with Gasteiger partial charge in [0.25, 0.3) is 0 Å². The average Bonchev–Trinajstić information content (AvgIpc) is 2.62. The van der Waals surface area contributed by atoms with E-state index >= 15 is 0 Å². The normalized spacial score (nSPS) is 23.1. The fraction of sp³-hybridized carbons (Fsp3) is 0.300. The van der Waals surface area contributed by atoms with Crippen LogP contribution in [0, 0.1) is 0 Å². The Balaban J connectivity index is 1.67. The lowest BCUT2D eigenvalue weighted by Crippen LogP contribution is -2.65. The van der Waals surface area contributed by atoms with Gasteiger partial charge in [0.15, 0.2) is 5.72 Å². The van der Waals surface area contributed by atoms with Crippen LogP contribution in [0.2, 0.25) is 5.02 Å². The SMILES string of the molecule is CCOC(=O)c1ccc(N2C(=O)N[C@@H]3C[C@]2(C)Oc2ccc(Cl)cc23)cc1. The van der Waals surface area contributed by atoms with E-state index < -0.39 is 11.7 Å². The minimum absolute atomic E-state index is 0.167. The van der Waals surface area contributed by atoms with Crippen molar-refractivity contribution in [1.82, 2.24) is 5.32 Å². The number of nitrogens with one attached hydrogen (secondary N) is 1. The molecule has 2 aromatic carbocycles. The Morgan fingerprint density at radius 1 is 1.33 bits per heavy atom. The molecule has 2 bridgehead atoms. The smallest absolute Gasteiger partial charge is 0.338 e. The maximum atomic E-state index is 12.8. The van der Waals surface area contributed by atoms with Crippen LogP contribution in [-0.2, 0) is 4.74 Å². The molecule has 27 heavy (non-hydrogen) atoms. The number of carbonyl (C=O) groups is 2. The molecule has 2 aliphatic heterocycles. The summed E-state index contributed by atoms with van der Waals surface area (Å²) in [5.41, 5.74) is 1.11. The number of benzene rings is 2. The number of rotatable bonds is 3. The lowest BCUT2D eigenvalue weighted by atomic mass is 9.90. The van der Waals surface area contributed by atoms with Gasteiger partial charge in [-0.2, -0.15) is 0 Å². The second-order valence-corrected chi connectivity index (χ2v) is 7.20. The van der Waals surface area contributed by atoms with Gasteiger partial charge in [-0.25, -0.2) is 9.59 Å². The highest BCUT2D eigenvalue weighted by Crippen LogP contribution is 2.46. The van der Waals surface area contributed by atoms with Crippen molar-refractivity contribution in [3.63, 3.8) is 0 Å². The fourth-order valence-corrected chi connectivity index (χ4v) is 3.88. The van der Waals surface area contributed by atoms with Crippen LogP contribution in [0.3, 0.4) is 0 Å². The molecule has 2 heterocycles. The first-order chi connectivity index (χ1) is 12.9. The first kappa shape index (κ1) is 17.7. The van der Waals surface area contributed by atoms with Gasteiger partial charge in [-0.3, -0.25) is 4.90 Å². The number of ether oxygens (including phenoxy) is 2. The van der Waals surface area contributed by atoms with Crippen LogP contribution >= 0.6 is 11.6 Å². The monoisotopic (exact) mass is 386 g/mol. The predicted molar refractivity (Wildman–Crippen MR) is 101 cm³/mol. The third-order valence-electron chi connectivity index (χ3n) is 4.87. The number of halogens is 1. The molecule has 0 radical (unpaired) electrons. The summed E-state index contributed by atoms with van der Waals surface area (Å²) in [6, 6.07) is 11.7. The molecule has 2 atom stereocenters. The zero-order chi connectivity index (χ0) is 19.2. The summed E-state index contributed by atoms with van der Waals surface area (Å²) >= 11 is 6.10. The summed E-state index contributed by atoms with van der Waals surface area (Å²) in [7, 11) is 0. The summed E-state index contributed by atoms with van der Waals surface area (Å²) in [5, 5.41) is 3.62. The van der Waals surface area contributed by atoms with E-state index in [0.29, 0.717) is 35.1 Å². The van der Waals surface area contributed by atoms with Gasteiger partial charge in [0.1, 0.15) is 5.75 Å². The molecule has 2 aromatic rings. The molecule has 2 amide bonds. The molecule has 0 aliphatic carbocycles. The highest BCUT2D eigenvalue weighted by atomic mass is 35.5. The Hall–Kier alpha value is -2.73. The molecule has 1 saturated heterocycles. The Morgan fingerprint density at radius 3 is 2.78 bits per heavy atom. The fourth-order valence-electron chi connectivity index (χ4n) is 3.70. The molecule has 7 heteroatoms. The molecule has 0 saturated carbocycles. The highest BCUT2D eigenvalue weighted by molar-refractivity contribution is 6.30. The highest BCUT2D eigenvalue weighted by Gasteiger charge is 2.49. The van der Waals surface area contributed by atoms with Gasteiger partial charge in [0.2, 0.25) is 0 Å². The van der Waals surface area contributed by atoms with Crippen molar-refractivity contribution in [1.29, 1.82) is 0 Å². The summed E-state index contributed by atoms with van der Waals surface area (Å²) in [6.45, 7) is 3.95. The van der Waals surface area contributed by atoms with E-state index in [1.165, 1.54) is 0 Å². The molecule has 0 aromatic heterocycles. The quantitative estimate of drug-likeness (QED) is 0.799. The van der Waals surface area contributed by atoms with E-state index in [0.717, 1.165) is 5.56 Å². The lowest BCUT2D eigenvalue weighted by molar-refractivity contribution is 0.0379. The summed E-state index contributed by atoms with van der Waals surface area (Å²) in [5.74, 6) is 0.310. The van der Waals surface area contributed by atoms with Crippen molar-refractivity contribution >= 4 is 29.3 Å². The van der Waals surface area contributed by atoms with E-state index in [-0.39, 0.29) is 12.1 Å². The number of anilines is 1. The molecule has 0 spiro atoms. The number of fused-ring (bicyclic) bond motifs is 4. The summed E-state index contributed by atoms with van der Waals surface area (Å²) in [6.07, 6.45) is 0.575. The van der Waals surface area contributed by atoms with Crippen LogP contribution in [0.15, 0.2) is 42.5 Å². The first-order valence-electron chi connectivity index (χ1n) is 8.77. The number of hydrogen-bond acceptors (Lipinski definition) is 4. The largest absolute Gasteiger partial charge is 0.467 e. The van der Waals surface area contributed by atoms with Gasteiger partial charge in [-0.05, 0) is 56.3 Å². The first-order valence-corrected chi connectivity index (χ1v) is 9.15. The summed E-state index contributed by atoms with van der Waals surface area (Å²) < 4.78 is 11.2. The van der Waals surface area contributed by atoms with Crippen molar-refractivity contribution in [3.8, 4) is 5.75 Å². The molecule has 1 N–H and O–H groups in total. The Bertz CT molecular complexity index is 915. The number of carbonyl (C=O) groups excluding carboxylic acids is 2. The van der Waals surface area contributed by atoms with E-state index in [1.807, 2.05) is 19.1 Å². The molecular formula is C20H19ClN2O4. The Morgan fingerprint density at radius 2 is 2.07 bits per heavy atom. The molecule has 2 aliphatic rings. The second kappa shape index (κ2) is 6.46. The number of nitrogens with zero attached hydrogens (tertiary/aromatic N) is 1. The zero-order valence-electron chi connectivity index (χ0n) is 15.0. The van der Waals surface area contributed by atoms with Gasteiger partial charge in [0.05, 0.1) is 18.2 Å². The van der Waals surface area contributed by atoms with Crippen LogP contribution in [-0.4, -0.2) is 24.3 Å². The van der Waals surface area contributed by atoms with E-state index in [2.05, 4.69) is 5.32 Å². The van der Waals surface area contributed by atoms with Crippen LogP contribution in [0.1, 0.15) is 42.2 Å². The minimum atomic E-state index is -0.848. The molecule has 0 unspecified atom stereocenters. The van der Waals surface area contributed by atoms with Gasteiger partial charge in [-0.1, -0.05) is 11.6 Å². The third kappa shape index (κ3) is 3.00. The van der Waals surface area contributed by atoms with E-state index in [9.17, 15) is 9.59 Å². The van der Waals surface area contributed by atoms with Gasteiger partial charge >= 0.3 is 12.0 Å². The topological polar surface area (TPSA) is 67.9 Å². The van der Waals surface area contributed by atoms with Gasteiger partial charge in [0, 0.05) is 22.7 Å². The predicted octanol–water partition coefficient (Wildman–Crippen LogP) is 4.29. The zero-order valence-corrected chi connectivity index (χ0v) is 15.7. The minimum Gasteiger partial charge on any atom is -0.467 e. The van der Waals surface area contributed by atoms with Gasteiger partial charge < -0.3 is 14.8 Å². The second-order valence-electron chi connectivity index (χ2n) is 6.77. The number of amides is 2. The lowest BCUT2D eigenvalue weighted by Gasteiger charge is -2.50. The van der Waals surface area contributed by atoms with Crippen LogP contribution in [0.25, 0.3) is 0 Å². The number of hydrogen-bond donors (Lipinski definition) is 1. The van der Waals surface area contributed by atoms with Gasteiger partial charge in [-0.15, -0.1) is 0 Å². The molecule has 140 valence electrons. The van der Waals surface area contributed by atoms with Crippen molar-refractivity contribution in [2.45, 2.75) is 32.0 Å². The van der Waals surface area contributed by atoms with E-state index in [1.54, 1.807) is 42.2 Å². The Labute approximate surface area is 162 Å². The van der Waals surface area contributed by atoms with Crippen molar-refractivity contribution in [2.24, 2.45) is 0 Å². The molecule has 6 nitrogen and oxygen atoms in total.